The topological polar surface area (TPSA) is 63.8 Å². The molecule has 0 bridgehead atoms. The number of anilines is 2. The van der Waals surface area contributed by atoms with Gasteiger partial charge >= 0.3 is 0 Å². The molecule has 18 heavy (non-hydrogen) atoms. The van der Waals surface area contributed by atoms with E-state index in [1.807, 2.05) is 18.2 Å². The number of rotatable bonds is 4. The molecule has 0 fully saturated rings. The summed E-state index contributed by atoms with van der Waals surface area (Å²) in [5.74, 6) is 0.816. The van der Waals surface area contributed by atoms with Crippen molar-refractivity contribution in [2.24, 2.45) is 0 Å². The molecule has 0 aliphatic carbocycles. The average Bonchev–Trinajstić information content (AvgIpc) is 2.36. The lowest BCUT2D eigenvalue weighted by Gasteiger charge is -2.18. The monoisotopic (exact) mass is 262 g/mol. The van der Waals surface area contributed by atoms with Gasteiger partial charge in [0, 0.05) is 6.07 Å². The van der Waals surface area contributed by atoms with E-state index in [0.717, 1.165) is 6.42 Å². The molecule has 0 spiro atoms. The molecule has 0 amide bonds. The Bertz CT molecular complexity index is 495. The minimum absolute atomic E-state index is 0.174. The van der Waals surface area contributed by atoms with Crippen LogP contribution in [-0.4, -0.2) is 9.97 Å². The fourth-order valence-electron chi connectivity index (χ4n) is 1.79. The van der Waals surface area contributed by atoms with E-state index in [9.17, 15) is 0 Å². The first kappa shape index (κ1) is 12.6. The highest BCUT2D eigenvalue weighted by Crippen LogP contribution is 2.22. The molecule has 3 N–H and O–H groups in total. The summed E-state index contributed by atoms with van der Waals surface area (Å²) < 4.78 is 0. The van der Waals surface area contributed by atoms with Gasteiger partial charge in [-0.05, 0) is 12.0 Å². The normalized spacial score (nSPS) is 12.1. The van der Waals surface area contributed by atoms with Gasteiger partial charge in [-0.25, -0.2) is 4.98 Å². The number of halogens is 1. The fourth-order valence-corrected chi connectivity index (χ4v) is 1.98. The molecular weight excluding hydrogens is 248 g/mol. The van der Waals surface area contributed by atoms with Crippen molar-refractivity contribution < 1.29 is 0 Å². The second-order valence-corrected chi connectivity index (χ2v) is 4.34. The number of aromatic nitrogens is 2. The molecular formula is C13H15ClN4. The standard InChI is InChI=1S/C13H15ClN4/c1-2-10(9-6-4-3-5-7-9)16-12-8-11(14)17-13(15)18-12/h3-8,10H,2H2,1H3,(H3,15,16,17,18). The molecule has 1 unspecified atom stereocenters. The quantitative estimate of drug-likeness (QED) is 0.830. The van der Waals surface area contributed by atoms with E-state index in [2.05, 4.69) is 34.3 Å². The molecule has 1 aromatic heterocycles. The molecule has 0 saturated heterocycles. The van der Waals surface area contributed by atoms with E-state index in [0.29, 0.717) is 11.0 Å². The highest BCUT2D eigenvalue weighted by atomic mass is 35.5. The largest absolute Gasteiger partial charge is 0.368 e. The average molecular weight is 263 g/mol. The third-order valence-electron chi connectivity index (χ3n) is 2.64. The lowest BCUT2D eigenvalue weighted by Crippen LogP contribution is -2.11. The summed E-state index contributed by atoms with van der Waals surface area (Å²) in [7, 11) is 0. The van der Waals surface area contributed by atoms with Crippen molar-refractivity contribution in [3.05, 3.63) is 47.1 Å². The first-order valence-corrected chi connectivity index (χ1v) is 6.18. The fraction of sp³-hybridized carbons (Fsp3) is 0.231. The van der Waals surface area contributed by atoms with Crippen molar-refractivity contribution in [3.8, 4) is 0 Å². The Morgan fingerprint density at radius 1 is 1.28 bits per heavy atom. The van der Waals surface area contributed by atoms with Gasteiger partial charge in [-0.1, -0.05) is 48.9 Å². The van der Waals surface area contributed by atoms with Gasteiger partial charge in [-0.15, -0.1) is 0 Å². The van der Waals surface area contributed by atoms with Crippen LogP contribution in [0, 0.1) is 0 Å². The van der Waals surface area contributed by atoms with E-state index in [-0.39, 0.29) is 12.0 Å². The van der Waals surface area contributed by atoms with Crippen LogP contribution in [0.4, 0.5) is 11.8 Å². The number of nitrogens with zero attached hydrogens (tertiary/aromatic N) is 2. The molecule has 0 aliphatic heterocycles. The highest BCUT2D eigenvalue weighted by molar-refractivity contribution is 6.29. The SMILES string of the molecule is CCC(Nc1cc(Cl)nc(N)n1)c1ccccc1. The van der Waals surface area contributed by atoms with Gasteiger partial charge in [0.1, 0.15) is 11.0 Å². The molecule has 1 heterocycles. The Morgan fingerprint density at radius 2 is 2.00 bits per heavy atom. The van der Waals surface area contributed by atoms with Crippen LogP contribution >= 0.6 is 11.6 Å². The van der Waals surface area contributed by atoms with Crippen LogP contribution in [-0.2, 0) is 0 Å². The summed E-state index contributed by atoms with van der Waals surface area (Å²) in [6.07, 6.45) is 0.936. The number of nitrogens with one attached hydrogen (secondary N) is 1. The highest BCUT2D eigenvalue weighted by Gasteiger charge is 2.10. The van der Waals surface area contributed by atoms with E-state index < -0.39 is 0 Å². The minimum Gasteiger partial charge on any atom is -0.368 e. The van der Waals surface area contributed by atoms with Crippen molar-refractivity contribution in [2.45, 2.75) is 19.4 Å². The van der Waals surface area contributed by atoms with Crippen LogP contribution in [0.1, 0.15) is 24.9 Å². The predicted molar refractivity (Wildman–Crippen MR) is 74.6 cm³/mol. The van der Waals surface area contributed by atoms with Gasteiger partial charge in [0.05, 0.1) is 6.04 Å². The summed E-state index contributed by atoms with van der Waals surface area (Å²) in [6.45, 7) is 2.11. The predicted octanol–water partition coefficient (Wildman–Crippen LogP) is 3.28. The zero-order valence-electron chi connectivity index (χ0n) is 10.1. The van der Waals surface area contributed by atoms with Crippen molar-refractivity contribution in [3.63, 3.8) is 0 Å². The van der Waals surface area contributed by atoms with Gasteiger partial charge in [0.15, 0.2) is 0 Å². The summed E-state index contributed by atoms with van der Waals surface area (Å²) in [5, 5.41) is 3.65. The van der Waals surface area contributed by atoms with E-state index in [4.69, 9.17) is 17.3 Å². The van der Waals surface area contributed by atoms with Crippen molar-refractivity contribution in [2.75, 3.05) is 11.1 Å². The lowest BCUT2D eigenvalue weighted by molar-refractivity contribution is 0.744. The zero-order chi connectivity index (χ0) is 13.0. The molecule has 2 aromatic rings. The first-order valence-electron chi connectivity index (χ1n) is 5.80. The number of hydrogen-bond donors (Lipinski definition) is 2. The summed E-state index contributed by atoms with van der Waals surface area (Å²) >= 11 is 5.85. The van der Waals surface area contributed by atoms with Crippen LogP contribution in [0.3, 0.4) is 0 Å². The molecule has 94 valence electrons. The molecule has 1 aromatic carbocycles. The molecule has 0 radical (unpaired) electrons. The first-order chi connectivity index (χ1) is 8.69. The van der Waals surface area contributed by atoms with Crippen LogP contribution < -0.4 is 11.1 Å². The Kier molecular flexibility index (Phi) is 3.99. The van der Waals surface area contributed by atoms with Crippen molar-refractivity contribution in [1.29, 1.82) is 0 Å². The van der Waals surface area contributed by atoms with Crippen molar-refractivity contribution >= 4 is 23.4 Å². The maximum atomic E-state index is 5.85. The molecule has 0 saturated carbocycles. The zero-order valence-corrected chi connectivity index (χ0v) is 10.9. The molecule has 5 heteroatoms. The maximum absolute atomic E-state index is 5.85. The van der Waals surface area contributed by atoms with Crippen LogP contribution in [0.25, 0.3) is 0 Å². The third-order valence-corrected chi connectivity index (χ3v) is 2.84. The Balaban J connectivity index is 2.20. The minimum atomic E-state index is 0.174. The molecule has 2 rings (SSSR count). The molecule has 0 aliphatic rings. The smallest absolute Gasteiger partial charge is 0.223 e. The lowest BCUT2D eigenvalue weighted by atomic mass is 10.0. The Labute approximate surface area is 111 Å². The summed E-state index contributed by atoms with van der Waals surface area (Å²) in [6, 6.07) is 12.0. The van der Waals surface area contributed by atoms with E-state index >= 15 is 0 Å². The second kappa shape index (κ2) is 5.69. The number of nitrogens with two attached hydrogens (primary N) is 1. The number of benzene rings is 1. The van der Waals surface area contributed by atoms with Crippen LogP contribution in [0.15, 0.2) is 36.4 Å². The Morgan fingerprint density at radius 3 is 2.61 bits per heavy atom. The summed E-state index contributed by atoms with van der Waals surface area (Å²) in [5.41, 5.74) is 6.77. The van der Waals surface area contributed by atoms with Gasteiger partial charge in [0.2, 0.25) is 5.95 Å². The Hall–Kier alpha value is -1.81. The van der Waals surface area contributed by atoms with Crippen LogP contribution in [0.5, 0.6) is 0 Å². The van der Waals surface area contributed by atoms with E-state index in [1.54, 1.807) is 6.07 Å². The maximum Gasteiger partial charge on any atom is 0.223 e. The van der Waals surface area contributed by atoms with Gasteiger partial charge in [-0.3, -0.25) is 0 Å². The van der Waals surface area contributed by atoms with Gasteiger partial charge in [0.25, 0.3) is 0 Å². The van der Waals surface area contributed by atoms with Gasteiger partial charge < -0.3 is 11.1 Å². The van der Waals surface area contributed by atoms with Crippen LogP contribution in [0.2, 0.25) is 5.15 Å². The number of hydrogen-bond acceptors (Lipinski definition) is 4. The van der Waals surface area contributed by atoms with Gasteiger partial charge in [-0.2, -0.15) is 4.98 Å². The van der Waals surface area contributed by atoms with Crippen molar-refractivity contribution in [1.82, 2.24) is 9.97 Å². The van der Waals surface area contributed by atoms with E-state index in [1.165, 1.54) is 5.56 Å². The molecule has 1 atom stereocenters. The molecule has 4 nitrogen and oxygen atoms in total. The third kappa shape index (κ3) is 3.11. The second-order valence-electron chi connectivity index (χ2n) is 3.95. The number of nitrogen functional groups attached to an aromatic ring is 1. The summed E-state index contributed by atoms with van der Waals surface area (Å²) in [4.78, 5) is 7.95.